The highest BCUT2D eigenvalue weighted by molar-refractivity contribution is 5.95. The molecule has 2 aromatic heterocycles. The number of carbonyl (C=O) groups is 3. The van der Waals surface area contributed by atoms with E-state index in [-0.39, 0.29) is 36.5 Å². The Morgan fingerprint density at radius 2 is 1.86 bits per heavy atom. The number of hydrogen-bond acceptors (Lipinski definition) is 7. The topological polar surface area (TPSA) is 156 Å². The van der Waals surface area contributed by atoms with Gasteiger partial charge in [-0.15, -0.1) is 0 Å². The van der Waals surface area contributed by atoms with E-state index in [0.29, 0.717) is 56.2 Å². The van der Waals surface area contributed by atoms with Crippen LogP contribution >= 0.6 is 0 Å². The van der Waals surface area contributed by atoms with Gasteiger partial charge in [-0.05, 0) is 44.1 Å². The zero-order valence-corrected chi connectivity index (χ0v) is 20.6. The van der Waals surface area contributed by atoms with Crippen LogP contribution in [0.4, 0.5) is 15.4 Å². The van der Waals surface area contributed by atoms with Crippen LogP contribution in [0.25, 0.3) is 11.0 Å². The fourth-order valence-electron chi connectivity index (χ4n) is 5.30. The van der Waals surface area contributed by atoms with Crippen LogP contribution in [-0.2, 0) is 4.79 Å². The number of nitrogens with zero attached hydrogens (tertiary/aromatic N) is 6. The third-order valence-electron chi connectivity index (χ3n) is 7.39. The second-order valence-corrected chi connectivity index (χ2v) is 9.69. The van der Waals surface area contributed by atoms with Crippen molar-refractivity contribution in [1.82, 2.24) is 30.1 Å². The molecule has 2 fully saturated rings. The SMILES string of the molecule is C[C@@H]1CCN(C(=O)CC#N)C[C@@H]1N(C)c1ncnc2c1ccn2C(=O)NC1CCC(NC(=O)O)CC1. The summed E-state index contributed by atoms with van der Waals surface area (Å²) in [6.45, 7) is 3.28. The third kappa shape index (κ3) is 5.35. The molecule has 0 spiro atoms. The largest absolute Gasteiger partial charge is 0.465 e. The lowest BCUT2D eigenvalue weighted by molar-refractivity contribution is -0.131. The summed E-state index contributed by atoms with van der Waals surface area (Å²) in [7, 11) is 1.93. The van der Waals surface area contributed by atoms with Crippen LogP contribution in [-0.4, -0.2) is 80.8 Å². The van der Waals surface area contributed by atoms with Gasteiger partial charge >= 0.3 is 12.1 Å². The molecular formula is C24H32N8O4. The molecule has 0 aromatic carbocycles. The van der Waals surface area contributed by atoms with E-state index < -0.39 is 6.09 Å². The summed E-state index contributed by atoms with van der Waals surface area (Å²) in [5.41, 5.74) is 0.492. The standard InChI is InChI=1S/C24H32N8O4/c1-15-8-11-31(20(33)7-10-25)13-19(15)30(2)21-18-9-12-32(22(18)27-14-26-21)23(34)28-16-3-5-17(6-4-16)29-24(35)36/h9,12,14-17,19,29H,3-8,11,13H2,1-2H3,(H,28,34)(H,35,36)/t15-,16?,17?,19+/m1/s1. The lowest BCUT2D eigenvalue weighted by atomic mass is 9.91. The van der Waals surface area contributed by atoms with Crippen molar-refractivity contribution in [3.63, 3.8) is 0 Å². The number of hydrogen-bond donors (Lipinski definition) is 3. The number of nitriles is 1. The van der Waals surface area contributed by atoms with Gasteiger partial charge in [0.15, 0.2) is 5.65 Å². The molecule has 192 valence electrons. The molecule has 12 nitrogen and oxygen atoms in total. The fourth-order valence-corrected chi connectivity index (χ4v) is 5.30. The molecule has 1 aliphatic heterocycles. The molecule has 12 heteroatoms. The number of anilines is 1. The molecule has 3 N–H and O–H groups in total. The molecule has 2 aromatic rings. The van der Waals surface area contributed by atoms with Gasteiger partial charge in [0.05, 0.1) is 17.5 Å². The van der Waals surface area contributed by atoms with Crippen LogP contribution in [0.15, 0.2) is 18.6 Å². The molecule has 3 heterocycles. The summed E-state index contributed by atoms with van der Waals surface area (Å²) in [5, 5.41) is 24.1. The van der Waals surface area contributed by atoms with E-state index in [9.17, 15) is 14.4 Å². The molecular weight excluding hydrogens is 464 g/mol. The number of rotatable bonds is 5. The Balaban J connectivity index is 1.47. The van der Waals surface area contributed by atoms with Crippen molar-refractivity contribution in [2.45, 2.75) is 63.6 Å². The first-order valence-corrected chi connectivity index (χ1v) is 12.3. The number of amides is 3. The number of piperidine rings is 1. The van der Waals surface area contributed by atoms with Crippen LogP contribution in [0.5, 0.6) is 0 Å². The van der Waals surface area contributed by atoms with Gasteiger partial charge in [0, 0.05) is 38.4 Å². The monoisotopic (exact) mass is 496 g/mol. The average molecular weight is 497 g/mol. The number of likely N-dealkylation sites (N-methyl/N-ethyl adjacent to an activating group) is 1. The van der Waals surface area contributed by atoms with Gasteiger partial charge in [-0.2, -0.15) is 5.26 Å². The molecule has 2 aliphatic rings. The van der Waals surface area contributed by atoms with Gasteiger partial charge in [0.1, 0.15) is 18.6 Å². The second-order valence-electron chi connectivity index (χ2n) is 9.69. The third-order valence-corrected chi connectivity index (χ3v) is 7.39. The number of carbonyl (C=O) groups excluding carboxylic acids is 2. The summed E-state index contributed by atoms with van der Waals surface area (Å²) in [4.78, 5) is 48.9. The first kappa shape index (κ1) is 25.2. The molecule has 0 bridgehead atoms. The zero-order valence-electron chi connectivity index (χ0n) is 20.6. The van der Waals surface area contributed by atoms with Crippen molar-refractivity contribution in [3.05, 3.63) is 18.6 Å². The Labute approximate surface area is 209 Å². The van der Waals surface area contributed by atoms with E-state index in [1.807, 2.05) is 24.1 Å². The average Bonchev–Trinajstić information content (AvgIpc) is 3.29. The number of fused-ring (bicyclic) bond motifs is 1. The summed E-state index contributed by atoms with van der Waals surface area (Å²) < 4.78 is 1.48. The zero-order chi connectivity index (χ0) is 25.8. The maximum absolute atomic E-state index is 13.1. The van der Waals surface area contributed by atoms with Crippen molar-refractivity contribution in [3.8, 4) is 6.07 Å². The molecule has 4 rings (SSSR count). The molecule has 0 unspecified atom stereocenters. The second kappa shape index (κ2) is 10.8. The van der Waals surface area contributed by atoms with Gasteiger partial charge < -0.3 is 25.5 Å². The smallest absolute Gasteiger partial charge is 0.404 e. The first-order valence-electron chi connectivity index (χ1n) is 12.3. The number of nitrogens with one attached hydrogen (secondary N) is 2. The van der Waals surface area contributed by atoms with Gasteiger partial charge in [0.25, 0.3) is 0 Å². The molecule has 36 heavy (non-hydrogen) atoms. The Morgan fingerprint density at radius 3 is 2.53 bits per heavy atom. The number of aromatic nitrogens is 3. The highest BCUT2D eigenvalue weighted by atomic mass is 16.4. The predicted molar refractivity (Wildman–Crippen MR) is 131 cm³/mol. The molecule has 2 atom stereocenters. The van der Waals surface area contributed by atoms with Crippen molar-refractivity contribution in [2.75, 3.05) is 25.0 Å². The van der Waals surface area contributed by atoms with Crippen LogP contribution in [0.3, 0.4) is 0 Å². The van der Waals surface area contributed by atoms with E-state index in [2.05, 4.69) is 27.5 Å². The minimum atomic E-state index is -1.02. The van der Waals surface area contributed by atoms with E-state index in [1.165, 1.54) is 10.9 Å². The molecule has 1 saturated carbocycles. The van der Waals surface area contributed by atoms with Crippen LogP contribution in [0.2, 0.25) is 0 Å². The molecule has 3 amide bonds. The van der Waals surface area contributed by atoms with Crippen LogP contribution in [0.1, 0.15) is 45.4 Å². The Kier molecular flexibility index (Phi) is 7.57. The maximum Gasteiger partial charge on any atom is 0.404 e. The van der Waals surface area contributed by atoms with Gasteiger partial charge in [-0.3, -0.25) is 9.36 Å². The first-order chi connectivity index (χ1) is 17.3. The van der Waals surface area contributed by atoms with Crippen molar-refractivity contribution in [2.24, 2.45) is 5.92 Å². The minimum Gasteiger partial charge on any atom is -0.465 e. The molecule has 1 saturated heterocycles. The van der Waals surface area contributed by atoms with Crippen molar-refractivity contribution >= 4 is 34.9 Å². The highest BCUT2D eigenvalue weighted by Gasteiger charge is 2.33. The summed E-state index contributed by atoms with van der Waals surface area (Å²) in [5.74, 6) is 0.826. The van der Waals surface area contributed by atoms with Crippen molar-refractivity contribution < 1.29 is 19.5 Å². The lowest BCUT2D eigenvalue weighted by Gasteiger charge is -2.42. The normalized spacial score (nSPS) is 24.1. The van der Waals surface area contributed by atoms with Gasteiger partial charge in [-0.1, -0.05) is 6.92 Å². The molecule has 0 radical (unpaired) electrons. The van der Waals surface area contributed by atoms with E-state index in [1.54, 1.807) is 11.1 Å². The summed E-state index contributed by atoms with van der Waals surface area (Å²) >= 11 is 0. The quantitative estimate of drug-likeness (QED) is 0.568. The highest BCUT2D eigenvalue weighted by Crippen LogP contribution is 2.30. The Hall–Kier alpha value is -3.88. The predicted octanol–water partition coefficient (Wildman–Crippen LogP) is 2.15. The van der Waals surface area contributed by atoms with Gasteiger partial charge in [-0.25, -0.2) is 19.6 Å². The fraction of sp³-hybridized carbons (Fsp3) is 0.583. The molecule has 1 aliphatic carbocycles. The van der Waals surface area contributed by atoms with E-state index in [4.69, 9.17) is 10.4 Å². The van der Waals surface area contributed by atoms with Crippen LogP contribution in [0, 0.1) is 17.2 Å². The van der Waals surface area contributed by atoms with Crippen molar-refractivity contribution in [1.29, 1.82) is 5.26 Å². The Morgan fingerprint density at radius 1 is 1.17 bits per heavy atom. The van der Waals surface area contributed by atoms with E-state index >= 15 is 0 Å². The lowest BCUT2D eigenvalue weighted by Crippen LogP contribution is -2.52. The summed E-state index contributed by atoms with van der Waals surface area (Å²) in [6, 6.07) is 3.36. The Bertz CT molecular complexity index is 1170. The maximum atomic E-state index is 13.1. The van der Waals surface area contributed by atoms with Crippen LogP contribution < -0.4 is 15.5 Å². The number of carboxylic acid groups (broad SMARTS) is 1. The minimum absolute atomic E-state index is 0.00580. The van der Waals surface area contributed by atoms with E-state index in [0.717, 1.165) is 11.8 Å². The number of likely N-dealkylation sites (tertiary alicyclic amines) is 1. The van der Waals surface area contributed by atoms with Gasteiger partial charge in [0.2, 0.25) is 5.91 Å². The summed E-state index contributed by atoms with van der Waals surface area (Å²) in [6.07, 6.45) is 5.53.